The van der Waals surface area contributed by atoms with E-state index >= 15 is 0 Å². The lowest BCUT2D eigenvalue weighted by Gasteiger charge is -2.16. The van der Waals surface area contributed by atoms with E-state index in [0.717, 1.165) is 40.1 Å². The van der Waals surface area contributed by atoms with Crippen molar-refractivity contribution in [2.45, 2.75) is 13.3 Å². The predicted octanol–water partition coefficient (Wildman–Crippen LogP) is 5.16. The van der Waals surface area contributed by atoms with Crippen molar-refractivity contribution in [1.29, 1.82) is 0 Å². The third-order valence-electron chi connectivity index (χ3n) is 5.08. The van der Waals surface area contributed by atoms with Crippen LogP contribution < -0.4 is 10.2 Å². The van der Waals surface area contributed by atoms with E-state index in [2.05, 4.69) is 17.6 Å². The van der Waals surface area contributed by atoms with Gasteiger partial charge in [-0.3, -0.25) is 15.0 Å². The zero-order chi connectivity index (χ0) is 23.2. The van der Waals surface area contributed by atoms with Crippen LogP contribution in [0.5, 0.6) is 5.75 Å². The van der Waals surface area contributed by atoms with Crippen LogP contribution in [-0.2, 0) is 11.2 Å². The van der Waals surface area contributed by atoms with Crippen LogP contribution >= 0.6 is 24.0 Å². The number of carbonyl (C=O) groups excluding carboxylic acids is 2. The molecular weight excluding hydrogens is 452 g/mol. The number of thioether (sulfide) groups is 1. The molecule has 1 N–H and O–H groups in total. The zero-order valence-electron chi connectivity index (χ0n) is 18.0. The number of hydrogen-bond donors (Lipinski definition) is 1. The molecule has 3 aromatic carbocycles. The van der Waals surface area contributed by atoms with Crippen molar-refractivity contribution in [2.24, 2.45) is 0 Å². The van der Waals surface area contributed by atoms with Crippen molar-refractivity contribution in [1.82, 2.24) is 10.4 Å². The summed E-state index contributed by atoms with van der Waals surface area (Å²) in [7, 11) is 0. The SMILES string of the molecule is Cc1ccccc1C(=O)NN1C(=O)/C(=C/c2ccc(OCCc3ccccc3)cc2)SC1=S. The molecule has 0 aromatic heterocycles. The van der Waals surface area contributed by atoms with Crippen molar-refractivity contribution < 1.29 is 14.3 Å². The van der Waals surface area contributed by atoms with Crippen molar-refractivity contribution in [3.8, 4) is 5.75 Å². The summed E-state index contributed by atoms with van der Waals surface area (Å²) >= 11 is 6.47. The molecule has 1 fully saturated rings. The van der Waals surface area contributed by atoms with Crippen LogP contribution in [0, 0.1) is 6.92 Å². The minimum atomic E-state index is -0.373. The molecule has 4 rings (SSSR count). The number of nitrogens with zero attached hydrogens (tertiary/aromatic N) is 1. The lowest BCUT2D eigenvalue weighted by Crippen LogP contribution is -2.45. The molecule has 2 amide bonds. The quantitative estimate of drug-likeness (QED) is 0.379. The van der Waals surface area contributed by atoms with Crippen LogP contribution in [0.1, 0.15) is 27.0 Å². The number of carbonyl (C=O) groups is 2. The van der Waals surface area contributed by atoms with E-state index in [4.69, 9.17) is 17.0 Å². The van der Waals surface area contributed by atoms with Crippen LogP contribution in [0.3, 0.4) is 0 Å². The van der Waals surface area contributed by atoms with Gasteiger partial charge < -0.3 is 4.74 Å². The highest BCUT2D eigenvalue weighted by Gasteiger charge is 2.33. The molecule has 1 heterocycles. The highest BCUT2D eigenvalue weighted by atomic mass is 32.2. The molecule has 5 nitrogen and oxygen atoms in total. The molecular formula is C26H22N2O3S2. The van der Waals surface area contributed by atoms with Crippen molar-refractivity contribution in [3.05, 3.63) is 106 Å². The van der Waals surface area contributed by atoms with Gasteiger partial charge in [0, 0.05) is 12.0 Å². The van der Waals surface area contributed by atoms with Crippen molar-refractivity contribution >= 4 is 46.2 Å². The van der Waals surface area contributed by atoms with Gasteiger partial charge in [0.05, 0.1) is 11.5 Å². The van der Waals surface area contributed by atoms with Crippen molar-refractivity contribution in [3.63, 3.8) is 0 Å². The number of amides is 2. The van der Waals surface area contributed by atoms with Crippen LogP contribution in [0.15, 0.2) is 83.8 Å². The van der Waals surface area contributed by atoms with Gasteiger partial charge in [0.25, 0.3) is 11.8 Å². The Morgan fingerprint density at radius 2 is 1.73 bits per heavy atom. The fourth-order valence-electron chi connectivity index (χ4n) is 3.30. The number of nitrogens with one attached hydrogen (secondary N) is 1. The monoisotopic (exact) mass is 474 g/mol. The van der Waals surface area contributed by atoms with E-state index in [9.17, 15) is 9.59 Å². The summed E-state index contributed by atoms with van der Waals surface area (Å²) in [6, 6.07) is 24.9. The first-order chi connectivity index (χ1) is 16.0. The first-order valence-electron chi connectivity index (χ1n) is 10.4. The average molecular weight is 475 g/mol. The summed E-state index contributed by atoms with van der Waals surface area (Å²) in [6.07, 6.45) is 2.59. The molecule has 0 radical (unpaired) electrons. The number of thiocarbonyl (C=S) groups is 1. The molecule has 0 unspecified atom stereocenters. The summed E-state index contributed by atoms with van der Waals surface area (Å²) in [4.78, 5) is 25.9. The molecule has 33 heavy (non-hydrogen) atoms. The van der Waals surface area contributed by atoms with Gasteiger partial charge in [-0.25, -0.2) is 0 Å². The summed E-state index contributed by atoms with van der Waals surface area (Å²) in [5, 5.41) is 1.13. The molecule has 1 aliphatic heterocycles. The Morgan fingerprint density at radius 1 is 1.03 bits per heavy atom. The number of hydrogen-bond acceptors (Lipinski definition) is 5. The summed E-state index contributed by atoms with van der Waals surface area (Å²) < 4.78 is 6.10. The molecule has 1 aliphatic rings. The third-order valence-corrected chi connectivity index (χ3v) is 6.38. The molecule has 3 aromatic rings. The Bertz CT molecular complexity index is 1210. The lowest BCUT2D eigenvalue weighted by molar-refractivity contribution is -0.123. The Labute approximate surface area is 202 Å². The molecule has 0 bridgehead atoms. The number of hydrazine groups is 1. The van der Waals surface area contributed by atoms with E-state index < -0.39 is 0 Å². The fraction of sp³-hybridized carbons (Fsp3) is 0.115. The van der Waals surface area contributed by atoms with Crippen LogP contribution in [0.25, 0.3) is 6.08 Å². The molecule has 1 saturated heterocycles. The largest absolute Gasteiger partial charge is 0.493 e. The van der Waals surface area contributed by atoms with Gasteiger partial charge in [0.2, 0.25) is 0 Å². The fourth-order valence-corrected chi connectivity index (χ4v) is 4.48. The molecule has 0 aliphatic carbocycles. The third kappa shape index (κ3) is 5.69. The topological polar surface area (TPSA) is 58.6 Å². The maximum Gasteiger partial charge on any atom is 0.285 e. The number of rotatable bonds is 7. The number of aryl methyl sites for hydroxylation is 1. The molecule has 0 saturated carbocycles. The van der Waals surface area contributed by atoms with E-state index in [-0.39, 0.29) is 16.1 Å². The Morgan fingerprint density at radius 3 is 2.45 bits per heavy atom. The highest BCUT2D eigenvalue weighted by molar-refractivity contribution is 8.26. The van der Waals surface area contributed by atoms with Crippen molar-refractivity contribution in [2.75, 3.05) is 6.61 Å². The summed E-state index contributed by atoms with van der Waals surface area (Å²) in [6.45, 7) is 2.43. The average Bonchev–Trinajstić information content (AvgIpc) is 3.08. The van der Waals surface area contributed by atoms with Crippen LogP contribution in [-0.4, -0.2) is 27.8 Å². The molecule has 0 spiro atoms. The Kier molecular flexibility index (Phi) is 7.22. The van der Waals surface area contributed by atoms with Gasteiger partial charge in [0.15, 0.2) is 4.32 Å². The lowest BCUT2D eigenvalue weighted by atomic mass is 10.1. The maximum absolute atomic E-state index is 12.8. The minimum Gasteiger partial charge on any atom is -0.493 e. The Hall–Kier alpha value is -3.42. The maximum atomic E-state index is 12.8. The first kappa shape index (κ1) is 22.8. The second-order valence-electron chi connectivity index (χ2n) is 7.43. The van der Waals surface area contributed by atoms with E-state index in [1.807, 2.05) is 61.5 Å². The number of ether oxygens (including phenoxy) is 1. The molecule has 7 heteroatoms. The molecule has 166 valence electrons. The second-order valence-corrected chi connectivity index (χ2v) is 9.10. The van der Waals surface area contributed by atoms with Gasteiger partial charge in [-0.1, -0.05) is 72.4 Å². The van der Waals surface area contributed by atoms with E-state index in [1.165, 1.54) is 5.56 Å². The summed E-state index contributed by atoms with van der Waals surface area (Å²) in [5.41, 5.74) is 6.01. The predicted molar refractivity (Wildman–Crippen MR) is 136 cm³/mol. The Balaban J connectivity index is 1.36. The summed E-state index contributed by atoms with van der Waals surface area (Å²) in [5.74, 6) is 0.0406. The first-order valence-corrected chi connectivity index (χ1v) is 11.6. The number of benzene rings is 3. The van der Waals surface area contributed by atoms with E-state index in [1.54, 1.807) is 18.2 Å². The van der Waals surface area contributed by atoms with Gasteiger partial charge in [0.1, 0.15) is 5.75 Å². The second kappa shape index (κ2) is 10.5. The van der Waals surface area contributed by atoms with Gasteiger partial charge >= 0.3 is 0 Å². The normalized spacial score (nSPS) is 14.6. The van der Waals surface area contributed by atoms with E-state index in [0.29, 0.717) is 17.1 Å². The van der Waals surface area contributed by atoms with Gasteiger partial charge in [-0.15, -0.1) is 0 Å². The minimum absolute atomic E-state index is 0.286. The van der Waals surface area contributed by atoms with Crippen LogP contribution in [0.4, 0.5) is 0 Å². The molecule has 0 atom stereocenters. The zero-order valence-corrected chi connectivity index (χ0v) is 19.6. The highest BCUT2D eigenvalue weighted by Crippen LogP contribution is 2.31. The van der Waals surface area contributed by atoms with Gasteiger partial charge in [-0.2, -0.15) is 5.01 Å². The smallest absolute Gasteiger partial charge is 0.285 e. The standard InChI is InChI=1S/C26H22N2O3S2/c1-18-7-5-6-10-22(18)24(29)27-28-25(30)23(33-26(28)32)17-20-11-13-21(14-12-20)31-16-15-19-8-3-2-4-9-19/h2-14,17H,15-16H2,1H3,(H,27,29)/b23-17-. The van der Waals surface area contributed by atoms with Crippen LogP contribution in [0.2, 0.25) is 0 Å². The van der Waals surface area contributed by atoms with Gasteiger partial charge in [-0.05, 0) is 60.1 Å².